The van der Waals surface area contributed by atoms with E-state index in [0.29, 0.717) is 6.41 Å². The number of H-pyrrole nitrogens is 2. The Morgan fingerprint density at radius 2 is 2.06 bits per heavy atom. The Morgan fingerprint density at radius 3 is 2.65 bits per heavy atom. The van der Waals surface area contributed by atoms with Gasteiger partial charge in [0.05, 0.1) is 6.33 Å². The molecule has 2 rings (SSSR count). The zero-order valence-electron chi connectivity index (χ0n) is 9.94. The highest BCUT2D eigenvalue weighted by Gasteiger charge is 2.03. The van der Waals surface area contributed by atoms with Crippen molar-refractivity contribution in [3.8, 4) is 0 Å². The standard InChI is InChI=1S/C6H5N5O2.C4H10/c12-2-9-6-10-4-3(5(13)11-6)7-1-8-4;1-4(2)3/h1-2H,(H3,7,8,9,10,11,12,13);4H,1-3H3. The third-order valence-electron chi connectivity index (χ3n) is 1.49. The molecule has 0 spiro atoms. The number of hydrogen-bond donors (Lipinski definition) is 3. The zero-order chi connectivity index (χ0) is 12.8. The molecule has 0 fully saturated rings. The molecule has 0 atom stereocenters. The Balaban J connectivity index is 0.000000317. The first-order valence-electron chi connectivity index (χ1n) is 5.18. The number of anilines is 1. The van der Waals surface area contributed by atoms with Crippen molar-refractivity contribution in [3.05, 3.63) is 16.7 Å². The van der Waals surface area contributed by atoms with E-state index in [1.165, 1.54) is 6.33 Å². The Labute approximate surface area is 97.7 Å². The largest absolute Gasteiger partial charge is 0.339 e. The van der Waals surface area contributed by atoms with Gasteiger partial charge < -0.3 is 4.98 Å². The minimum Gasteiger partial charge on any atom is -0.339 e. The second-order valence-electron chi connectivity index (χ2n) is 4.01. The molecule has 0 unspecified atom stereocenters. The normalized spacial score (nSPS) is 9.88. The van der Waals surface area contributed by atoms with E-state index < -0.39 is 0 Å². The fourth-order valence-corrected chi connectivity index (χ4v) is 0.967. The molecule has 0 saturated heterocycles. The summed E-state index contributed by atoms with van der Waals surface area (Å²) in [7, 11) is 0. The van der Waals surface area contributed by atoms with Crippen LogP contribution in [0.3, 0.4) is 0 Å². The SMILES string of the molecule is CC(C)C.O=CNc1nc2nc[nH]c2c(=O)[nH]1. The summed E-state index contributed by atoms with van der Waals surface area (Å²) >= 11 is 0. The van der Waals surface area contributed by atoms with Gasteiger partial charge in [-0.3, -0.25) is 19.9 Å². The maximum Gasteiger partial charge on any atom is 0.278 e. The van der Waals surface area contributed by atoms with Crippen LogP contribution < -0.4 is 10.9 Å². The average Bonchev–Trinajstić information content (AvgIpc) is 2.65. The topological polar surface area (TPSA) is 104 Å². The first-order valence-corrected chi connectivity index (χ1v) is 5.18. The first kappa shape index (κ1) is 12.9. The molecular formula is C10H15N5O2. The van der Waals surface area contributed by atoms with E-state index in [1.54, 1.807) is 0 Å². The predicted octanol–water partition coefficient (Wildman–Crippen LogP) is 0.877. The summed E-state index contributed by atoms with van der Waals surface area (Å²) in [5.41, 5.74) is 0.191. The van der Waals surface area contributed by atoms with Crippen LogP contribution >= 0.6 is 0 Å². The summed E-state index contributed by atoms with van der Waals surface area (Å²) in [6.45, 7) is 6.50. The van der Waals surface area contributed by atoms with Crippen LogP contribution in [-0.2, 0) is 4.79 Å². The van der Waals surface area contributed by atoms with Gasteiger partial charge in [0.1, 0.15) is 0 Å². The van der Waals surface area contributed by atoms with Gasteiger partial charge in [0.2, 0.25) is 12.4 Å². The predicted molar refractivity (Wildman–Crippen MR) is 64.7 cm³/mol. The Bertz CT molecular complexity index is 540. The van der Waals surface area contributed by atoms with Gasteiger partial charge in [0.25, 0.3) is 5.56 Å². The molecule has 0 aliphatic rings. The quantitative estimate of drug-likeness (QED) is 0.674. The van der Waals surface area contributed by atoms with Crippen molar-refractivity contribution < 1.29 is 4.79 Å². The van der Waals surface area contributed by atoms with E-state index in [0.717, 1.165) is 5.92 Å². The smallest absolute Gasteiger partial charge is 0.278 e. The average molecular weight is 237 g/mol. The van der Waals surface area contributed by atoms with Crippen LogP contribution in [0.25, 0.3) is 11.2 Å². The van der Waals surface area contributed by atoms with Gasteiger partial charge in [-0.15, -0.1) is 0 Å². The highest BCUT2D eigenvalue weighted by Crippen LogP contribution is 2.01. The molecule has 0 aliphatic heterocycles. The van der Waals surface area contributed by atoms with Gasteiger partial charge in [0, 0.05) is 0 Å². The fourth-order valence-electron chi connectivity index (χ4n) is 0.967. The van der Waals surface area contributed by atoms with Crippen molar-refractivity contribution in [2.24, 2.45) is 5.92 Å². The molecule has 0 bridgehead atoms. The highest BCUT2D eigenvalue weighted by molar-refractivity contribution is 5.73. The lowest BCUT2D eigenvalue weighted by atomic mass is 10.3. The molecular weight excluding hydrogens is 222 g/mol. The monoisotopic (exact) mass is 237 g/mol. The van der Waals surface area contributed by atoms with Crippen molar-refractivity contribution in [1.29, 1.82) is 0 Å². The van der Waals surface area contributed by atoms with Crippen molar-refractivity contribution in [2.75, 3.05) is 5.32 Å². The summed E-state index contributed by atoms with van der Waals surface area (Å²) < 4.78 is 0. The lowest BCUT2D eigenvalue weighted by molar-refractivity contribution is -0.105. The van der Waals surface area contributed by atoms with Gasteiger partial charge >= 0.3 is 0 Å². The van der Waals surface area contributed by atoms with Gasteiger partial charge in [-0.1, -0.05) is 20.8 Å². The number of imidazole rings is 1. The number of nitrogens with one attached hydrogen (secondary N) is 3. The number of nitrogens with zero attached hydrogens (tertiary/aromatic N) is 2. The van der Waals surface area contributed by atoms with Crippen LogP contribution in [0.4, 0.5) is 5.95 Å². The third kappa shape index (κ3) is 3.71. The number of fused-ring (bicyclic) bond motifs is 1. The van der Waals surface area contributed by atoms with Gasteiger partial charge in [-0.25, -0.2) is 4.98 Å². The van der Waals surface area contributed by atoms with Crippen molar-refractivity contribution in [2.45, 2.75) is 20.8 Å². The van der Waals surface area contributed by atoms with E-state index in [9.17, 15) is 9.59 Å². The molecule has 3 N–H and O–H groups in total. The summed E-state index contributed by atoms with van der Waals surface area (Å²) in [5.74, 6) is 0.916. The number of aromatic amines is 2. The minimum absolute atomic E-state index is 0.0830. The fraction of sp³-hybridized carbons (Fsp3) is 0.400. The summed E-state index contributed by atoms with van der Waals surface area (Å²) in [6, 6.07) is 0. The van der Waals surface area contributed by atoms with Crippen LogP contribution in [-0.4, -0.2) is 26.3 Å². The van der Waals surface area contributed by atoms with E-state index in [1.807, 2.05) is 0 Å². The molecule has 2 aromatic heterocycles. The van der Waals surface area contributed by atoms with Crippen LogP contribution in [0.1, 0.15) is 20.8 Å². The molecule has 17 heavy (non-hydrogen) atoms. The molecule has 2 aromatic rings. The molecule has 0 radical (unpaired) electrons. The van der Waals surface area contributed by atoms with E-state index in [2.05, 4.69) is 46.0 Å². The van der Waals surface area contributed by atoms with Gasteiger partial charge in [0.15, 0.2) is 11.2 Å². The zero-order valence-corrected chi connectivity index (χ0v) is 9.94. The summed E-state index contributed by atoms with van der Waals surface area (Å²) in [6.07, 6.45) is 1.79. The second kappa shape index (κ2) is 5.78. The van der Waals surface area contributed by atoms with Crippen molar-refractivity contribution >= 4 is 23.5 Å². The highest BCUT2D eigenvalue weighted by atomic mass is 16.1. The molecule has 0 aromatic carbocycles. The number of aromatic nitrogens is 4. The van der Waals surface area contributed by atoms with Gasteiger partial charge in [-0.05, 0) is 5.92 Å². The van der Waals surface area contributed by atoms with Crippen molar-refractivity contribution in [3.63, 3.8) is 0 Å². The van der Waals surface area contributed by atoms with E-state index in [4.69, 9.17) is 0 Å². The molecule has 2 heterocycles. The van der Waals surface area contributed by atoms with Crippen LogP contribution in [0.5, 0.6) is 0 Å². The minimum atomic E-state index is -0.369. The van der Waals surface area contributed by atoms with Crippen LogP contribution in [0, 0.1) is 5.92 Å². The maximum atomic E-state index is 11.2. The maximum absolute atomic E-state index is 11.2. The van der Waals surface area contributed by atoms with Crippen LogP contribution in [0.15, 0.2) is 11.1 Å². The number of hydrogen-bond acceptors (Lipinski definition) is 4. The Kier molecular flexibility index (Phi) is 4.38. The summed E-state index contributed by atoms with van der Waals surface area (Å²) in [4.78, 5) is 33.9. The third-order valence-corrected chi connectivity index (χ3v) is 1.49. The molecule has 7 heteroatoms. The molecule has 1 amide bonds. The molecule has 92 valence electrons. The Hall–Kier alpha value is -2.18. The van der Waals surface area contributed by atoms with Gasteiger partial charge in [-0.2, -0.15) is 4.98 Å². The van der Waals surface area contributed by atoms with E-state index >= 15 is 0 Å². The van der Waals surface area contributed by atoms with E-state index in [-0.39, 0.29) is 22.7 Å². The van der Waals surface area contributed by atoms with Crippen LogP contribution in [0.2, 0.25) is 0 Å². The number of carbonyl (C=O) groups excluding carboxylic acids is 1. The number of carbonyl (C=O) groups is 1. The lowest BCUT2D eigenvalue weighted by Crippen LogP contribution is -2.12. The Morgan fingerprint density at radius 1 is 1.41 bits per heavy atom. The molecule has 7 nitrogen and oxygen atoms in total. The summed E-state index contributed by atoms with van der Waals surface area (Å²) in [5, 5.41) is 2.23. The number of amides is 1. The molecule has 0 saturated carbocycles. The van der Waals surface area contributed by atoms with Crippen molar-refractivity contribution in [1.82, 2.24) is 19.9 Å². The number of rotatable bonds is 2. The second-order valence-corrected chi connectivity index (χ2v) is 4.01. The first-order chi connectivity index (χ1) is 8.04. The molecule has 0 aliphatic carbocycles. The lowest BCUT2D eigenvalue weighted by Gasteiger charge is -1.94.